The fourth-order valence-electron chi connectivity index (χ4n) is 2.91. The highest BCUT2D eigenvalue weighted by Gasteiger charge is 2.09. The lowest BCUT2D eigenvalue weighted by Gasteiger charge is -2.22. The van der Waals surface area contributed by atoms with Crippen LogP contribution in [-0.4, -0.2) is 31.4 Å². The van der Waals surface area contributed by atoms with Crippen LogP contribution in [0.5, 0.6) is 0 Å². The highest BCUT2D eigenvalue weighted by Crippen LogP contribution is 2.22. The van der Waals surface area contributed by atoms with E-state index in [0.29, 0.717) is 12.1 Å². The monoisotopic (exact) mass is 402 g/mol. The summed E-state index contributed by atoms with van der Waals surface area (Å²) in [7, 11) is 0. The van der Waals surface area contributed by atoms with Gasteiger partial charge in [0.25, 0.3) is 0 Å². The number of aryl methyl sites for hydroxylation is 2. The number of amides is 2. The molecule has 28 heavy (non-hydrogen) atoms. The van der Waals surface area contributed by atoms with Gasteiger partial charge in [-0.1, -0.05) is 29.8 Å². The number of hydrogen-bond donors (Lipinski definition) is 2. The Balaban J connectivity index is 0.00000392. The second kappa shape index (κ2) is 11.3. The molecule has 2 aromatic carbocycles. The number of benzene rings is 2. The first-order valence-corrected chi connectivity index (χ1v) is 9.45. The molecule has 0 saturated carbocycles. The topological polar surface area (TPSA) is 61.4 Å². The van der Waals surface area contributed by atoms with Gasteiger partial charge in [0.2, 0.25) is 0 Å². The van der Waals surface area contributed by atoms with Gasteiger partial charge in [0.05, 0.1) is 0 Å². The van der Waals surface area contributed by atoms with Gasteiger partial charge >= 0.3 is 6.03 Å². The Morgan fingerprint density at radius 3 is 2.18 bits per heavy atom. The fraction of sp³-hybridized carbons (Fsp3) is 0.364. The zero-order valence-electron chi connectivity index (χ0n) is 17.0. The van der Waals surface area contributed by atoms with Gasteiger partial charge in [0.15, 0.2) is 5.78 Å². The van der Waals surface area contributed by atoms with Gasteiger partial charge in [-0.15, -0.1) is 0 Å². The Morgan fingerprint density at radius 1 is 0.964 bits per heavy atom. The van der Waals surface area contributed by atoms with E-state index < -0.39 is 0 Å². The van der Waals surface area contributed by atoms with Gasteiger partial charge < -0.3 is 27.9 Å². The van der Waals surface area contributed by atoms with Gasteiger partial charge in [-0.05, 0) is 51.5 Å². The number of urea groups is 1. The highest BCUT2D eigenvalue weighted by molar-refractivity contribution is 5.96. The van der Waals surface area contributed by atoms with Crippen molar-refractivity contribution in [3.8, 4) is 0 Å². The van der Waals surface area contributed by atoms with Crippen molar-refractivity contribution in [2.45, 2.75) is 34.1 Å². The zero-order valence-corrected chi connectivity index (χ0v) is 17.8. The second-order valence-corrected chi connectivity index (χ2v) is 6.59. The summed E-state index contributed by atoms with van der Waals surface area (Å²) in [6.45, 7) is 10.4. The van der Waals surface area contributed by atoms with Crippen molar-refractivity contribution >= 4 is 23.2 Å². The van der Waals surface area contributed by atoms with E-state index >= 15 is 0 Å². The number of Topliss-reactive ketones (excluding diaryl/α,β-unsaturated/α-hetero) is 1. The molecule has 0 heterocycles. The minimum absolute atomic E-state index is 0. The molecule has 2 rings (SSSR count). The molecular weight excluding hydrogens is 374 g/mol. The molecule has 0 aliphatic carbocycles. The molecule has 2 aromatic rings. The van der Waals surface area contributed by atoms with Crippen molar-refractivity contribution in [3.05, 3.63) is 59.2 Å². The van der Waals surface area contributed by atoms with Crippen LogP contribution in [-0.2, 0) is 0 Å². The third kappa shape index (κ3) is 6.57. The summed E-state index contributed by atoms with van der Waals surface area (Å²) >= 11 is 0. The molecule has 0 saturated heterocycles. The summed E-state index contributed by atoms with van der Waals surface area (Å²) in [6, 6.07) is 13.2. The van der Waals surface area contributed by atoms with E-state index in [-0.39, 0.29) is 30.6 Å². The number of carbonyl (C=O) groups is 2. The lowest BCUT2D eigenvalue weighted by Crippen LogP contribution is -3.00. The second-order valence-electron chi connectivity index (χ2n) is 6.59. The van der Waals surface area contributed by atoms with Gasteiger partial charge in [-0.3, -0.25) is 4.79 Å². The van der Waals surface area contributed by atoms with Crippen LogP contribution in [0.25, 0.3) is 0 Å². The van der Waals surface area contributed by atoms with E-state index in [1.54, 1.807) is 0 Å². The Labute approximate surface area is 173 Å². The van der Waals surface area contributed by atoms with Crippen LogP contribution < -0.4 is 27.9 Å². The Bertz CT molecular complexity index is 787. The van der Waals surface area contributed by atoms with Crippen molar-refractivity contribution in [1.82, 2.24) is 5.32 Å². The van der Waals surface area contributed by atoms with Gasteiger partial charge in [0.1, 0.15) is 0 Å². The van der Waals surface area contributed by atoms with E-state index in [4.69, 9.17) is 0 Å². The Hall–Kier alpha value is -2.53. The quantitative estimate of drug-likeness (QED) is 0.658. The van der Waals surface area contributed by atoms with Gasteiger partial charge in [0, 0.05) is 43.0 Å². The van der Waals surface area contributed by atoms with E-state index in [1.165, 1.54) is 0 Å². The number of nitrogens with zero attached hydrogens (tertiary/aromatic N) is 1. The molecule has 0 unspecified atom stereocenters. The summed E-state index contributed by atoms with van der Waals surface area (Å²) in [5.74, 6) is 0.0232. The average Bonchev–Trinajstić information content (AvgIpc) is 2.65. The number of nitrogens with one attached hydrogen (secondary N) is 2. The van der Waals surface area contributed by atoms with E-state index in [0.717, 1.165) is 35.6 Å². The number of rotatable bonds is 8. The molecule has 0 bridgehead atoms. The van der Waals surface area contributed by atoms with Crippen molar-refractivity contribution in [1.29, 1.82) is 0 Å². The summed E-state index contributed by atoms with van der Waals surface area (Å²) in [5.41, 5.74) is 4.71. The first-order chi connectivity index (χ1) is 12.9. The third-order valence-electron chi connectivity index (χ3n) is 4.60. The molecule has 0 aliphatic heterocycles. The SMILES string of the molecule is CCN(CC)c1ccc(NC(=O)NCCC(=O)c2ccc(C)cc2)c(C)c1.[Cl-]. The number of ketones is 1. The Kier molecular flexibility index (Phi) is 9.52. The maximum Gasteiger partial charge on any atom is 0.319 e. The number of anilines is 2. The first-order valence-electron chi connectivity index (χ1n) is 9.45. The normalized spacial score (nSPS) is 10.0. The maximum absolute atomic E-state index is 12.1. The smallest absolute Gasteiger partial charge is 0.319 e. The van der Waals surface area contributed by atoms with Crippen molar-refractivity contribution < 1.29 is 22.0 Å². The molecular formula is C22H29ClN3O2-. The molecule has 0 aromatic heterocycles. The molecule has 6 heteroatoms. The van der Waals surface area contributed by atoms with Gasteiger partial charge in [-0.25, -0.2) is 4.79 Å². The average molecular weight is 403 g/mol. The minimum Gasteiger partial charge on any atom is -1.00 e. The van der Waals surface area contributed by atoms with Crippen LogP contribution in [0.3, 0.4) is 0 Å². The zero-order chi connectivity index (χ0) is 19.8. The predicted molar refractivity (Wildman–Crippen MR) is 112 cm³/mol. The van der Waals surface area contributed by atoms with E-state index in [9.17, 15) is 9.59 Å². The van der Waals surface area contributed by atoms with Crippen LogP contribution in [0.1, 0.15) is 41.8 Å². The summed E-state index contributed by atoms with van der Waals surface area (Å²) in [4.78, 5) is 26.5. The molecule has 2 N–H and O–H groups in total. The van der Waals surface area contributed by atoms with Gasteiger partial charge in [-0.2, -0.15) is 0 Å². The van der Waals surface area contributed by atoms with Crippen molar-refractivity contribution in [3.63, 3.8) is 0 Å². The molecule has 5 nitrogen and oxygen atoms in total. The van der Waals surface area contributed by atoms with Crippen LogP contribution in [0.2, 0.25) is 0 Å². The third-order valence-corrected chi connectivity index (χ3v) is 4.60. The minimum atomic E-state index is -0.301. The molecule has 0 aliphatic rings. The lowest BCUT2D eigenvalue weighted by molar-refractivity contribution is -0.0000170. The maximum atomic E-state index is 12.1. The van der Waals surface area contributed by atoms with Crippen molar-refractivity contribution in [2.24, 2.45) is 0 Å². The van der Waals surface area contributed by atoms with Crippen molar-refractivity contribution in [2.75, 3.05) is 29.9 Å². The molecule has 2 amide bonds. The molecule has 0 atom stereocenters. The van der Waals surface area contributed by atoms with Crippen LogP contribution in [0.15, 0.2) is 42.5 Å². The molecule has 0 spiro atoms. The standard InChI is InChI=1S/C22H29N3O2.ClH/c1-5-25(6-2)19-11-12-20(17(4)15-19)24-22(27)23-14-13-21(26)18-9-7-16(3)8-10-18;/h7-12,15H,5-6,13-14H2,1-4H3,(H2,23,24,27);1H/p-1. The molecule has 0 radical (unpaired) electrons. The number of halogens is 1. The van der Waals surface area contributed by atoms with Crippen LogP contribution in [0, 0.1) is 13.8 Å². The molecule has 0 fully saturated rings. The summed E-state index contributed by atoms with van der Waals surface area (Å²) in [6.07, 6.45) is 0.274. The number of hydrogen-bond acceptors (Lipinski definition) is 3. The van der Waals surface area contributed by atoms with E-state index in [2.05, 4.69) is 35.4 Å². The predicted octanol–water partition coefficient (Wildman–Crippen LogP) is 1.55. The van der Waals surface area contributed by atoms with E-state index in [1.807, 2.05) is 50.2 Å². The molecule has 152 valence electrons. The summed E-state index contributed by atoms with van der Waals surface area (Å²) in [5, 5.41) is 5.60. The Morgan fingerprint density at radius 2 is 1.61 bits per heavy atom. The largest absolute Gasteiger partial charge is 1.00 e. The first kappa shape index (κ1) is 23.5. The highest BCUT2D eigenvalue weighted by atomic mass is 35.5. The summed E-state index contributed by atoms with van der Waals surface area (Å²) < 4.78 is 0. The van der Waals surface area contributed by atoms with Crippen LogP contribution in [0.4, 0.5) is 16.2 Å². The lowest BCUT2D eigenvalue weighted by atomic mass is 10.1. The fourth-order valence-corrected chi connectivity index (χ4v) is 2.91. The number of carbonyl (C=O) groups excluding carboxylic acids is 2. The van der Waals surface area contributed by atoms with Crippen LogP contribution >= 0.6 is 0 Å².